The van der Waals surface area contributed by atoms with E-state index in [4.69, 9.17) is 5.73 Å². The van der Waals surface area contributed by atoms with Crippen LogP contribution in [-0.4, -0.2) is 14.5 Å². The second-order valence-electron chi connectivity index (χ2n) is 5.24. The Morgan fingerprint density at radius 1 is 1.00 bits per heavy atom. The lowest BCUT2D eigenvalue weighted by atomic mass is 10.1. The first-order valence-electron chi connectivity index (χ1n) is 7.80. The van der Waals surface area contributed by atoms with Gasteiger partial charge in [0.15, 0.2) is 0 Å². The second-order valence-corrected chi connectivity index (χ2v) is 5.24. The molecule has 0 fully saturated rings. The summed E-state index contributed by atoms with van der Waals surface area (Å²) in [5.41, 5.74) is 9.02. The van der Waals surface area contributed by atoms with Crippen LogP contribution in [0.3, 0.4) is 0 Å². The van der Waals surface area contributed by atoms with Gasteiger partial charge >= 0.3 is 0 Å². The zero-order chi connectivity index (χ0) is 16.4. The van der Waals surface area contributed by atoms with Gasteiger partial charge in [0.05, 0.1) is 11.7 Å². The van der Waals surface area contributed by atoms with Gasteiger partial charge in [0, 0.05) is 35.1 Å². The van der Waals surface area contributed by atoms with Crippen LogP contribution in [0.15, 0.2) is 55.1 Å². The predicted molar refractivity (Wildman–Crippen MR) is 96.9 cm³/mol. The Morgan fingerprint density at radius 2 is 1.83 bits per heavy atom. The smallest absolute Gasteiger partial charge is 0.137 e. The largest absolute Gasteiger partial charge is 0.398 e. The molecule has 0 atom stereocenters. The average Bonchev–Trinajstić information content (AvgIpc) is 3.00. The van der Waals surface area contributed by atoms with Crippen molar-refractivity contribution >= 4 is 27.4 Å². The molecule has 0 aliphatic carbocycles. The fourth-order valence-electron chi connectivity index (χ4n) is 2.74. The van der Waals surface area contributed by atoms with Gasteiger partial charge in [-0.1, -0.05) is 19.9 Å². The van der Waals surface area contributed by atoms with E-state index in [1.807, 2.05) is 56.1 Å². The first-order chi connectivity index (χ1) is 11.2. The molecule has 0 aliphatic heterocycles. The molecule has 4 nitrogen and oxygen atoms in total. The second kappa shape index (κ2) is 6.08. The number of anilines is 1. The van der Waals surface area contributed by atoms with Crippen LogP contribution in [0.1, 0.15) is 19.4 Å². The SMILES string of the molecule is CC.Cc1cc(N)c2cnc(-n3ccc4ccncc43)cc2c1. The van der Waals surface area contributed by atoms with E-state index in [1.165, 1.54) is 0 Å². The third-order valence-corrected chi connectivity index (χ3v) is 3.74. The van der Waals surface area contributed by atoms with Crippen LogP contribution in [0.2, 0.25) is 0 Å². The maximum Gasteiger partial charge on any atom is 0.137 e. The molecule has 0 amide bonds. The van der Waals surface area contributed by atoms with Crippen molar-refractivity contribution in [3.8, 4) is 5.82 Å². The van der Waals surface area contributed by atoms with Gasteiger partial charge in [-0.3, -0.25) is 9.55 Å². The van der Waals surface area contributed by atoms with E-state index < -0.39 is 0 Å². The Balaban J connectivity index is 0.000000753. The van der Waals surface area contributed by atoms with Crippen LogP contribution in [0.4, 0.5) is 5.69 Å². The van der Waals surface area contributed by atoms with Gasteiger partial charge in [-0.25, -0.2) is 4.98 Å². The third-order valence-electron chi connectivity index (χ3n) is 3.74. The fourth-order valence-corrected chi connectivity index (χ4v) is 2.74. The molecule has 0 saturated heterocycles. The van der Waals surface area contributed by atoms with Crippen molar-refractivity contribution in [1.82, 2.24) is 14.5 Å². The Morgan fingerprint density at radius 3 is 2.65 bits per heavy atom. The van der Waals surface area contributed by atoms with Gasteiger partial charge in [0.25, 0.3) is 0 Å². The number of nitrogens with zero attached hydrogens (tertiary/aromatic N) is 3. The number of benzene rings is 1. The highest BCUT2D eigenvalue weighted by Crippen LogP contribution is 2.25. The first-order valence-corrected chi connectivity index (χ1v) is 7.80. The molecule has 2 N–H and O–H groups in total. The lowest BCUT2D eigenvalue weighted by Gasteiger charge is -2.08. The van der Waals surface area contributed by atoms with Gasteiger partial charge < -0.3 is 5.73 Å². The molecule has 0 unspecified atom stereocenters. The number of rotatable bonds is 1. The number of nitrogens with two attached hydrogens (primary N) is 1. The van der Waals surface area contributed by atoms with E-state index in [0.29, 0.717) is 0 Å². The van der Waals surface area contributed by atoms with Crippen LogP contribution in [0.5, 0.6) is 0 Å². The first kappa shape index (κ1) is 15.0. The lowest BCUT2D eigenvalue weighted by Crippen LogP contribution is -1.97. The summed E-state index contributed by atoms with van der Waals surface area (Å²) < 4.78 is 2.04. The molecule has 0 aliphatic rings. The highest BCUT2D eigenvalue weighted by Gasteiger charge is 2.07. The molecule has 1 aromatic carbocycles. The number of nitrogen functional groups attached to an aromatic ring is 1. The van der Waals surface area contributed by atoms with E-state index in [9.17, 15) is 0 Å². The number of aromatic nitrogens is 3. The topological polar surface area (TPSA) is 56.7 Å². The minimum absolute atomic E-state index is 0.767. The molecule has 3 heterocycles. The Labute approximate surface area is 135 Å². The summed E-state index contributed by atoms with van der Waals surface area (Å²) in [5, 5.41) is 3.23. The minimum atomic E-state index is 0.767. The molecule has 23 heavy (non-hydrogen) atoms. The number of fused-ring (bicyclic) bond motifs is 2. The van der Waals surface area contributed by atoms with Gasteiger partial charge in [0.2, 0.25) is 0 Å². The lowest BCUT2D eigenvalue weighted by molar-refractivity contribution is 1.05. The fraction of sp³-hybridized carbons (Fsp3) is 0.158. The van der Waals surface area contributed by atoms with Gasteiger partial charge in [-0.15, -0.1) is 0 Å². The zero-order valence-corrected chi connectivity index (χ0v) is 13.6. The summed E-state index contributed by atoms with van der Waals surface area (Å²) in [5.74, 6) is 0.871. The molecule has 4 aromatic rings. The van der Waals surface area contributed by atoms with E-state index in [0.717, 1.165) is 38.7 Å². The third kappa shape index (κ3) is 2.63. The van der Waals surface area contributed by atoms with E-state index in [-0.39, 0.29) is 0 Å². The van der Waals surface area contributed by atoms with Crippen molar-refractivity contribution in [3.63, 3.8) is 0 Å². The summed E-state index contributed by atoms with van der Waals surface area (Å²) in [6.07, 6.45) is 7.50. The Hall–Kier alpha value is -2.88. The van der Waals surface area contributed by atoms with Crippen LogP contribution >= 0.6 is 0 Å². The molecule has 0 saturated carbocycles. The number of hydrogen-bond donors (Lipinski definition) is 1. The maximum atomic E-state index is 6.06. The quantitative estimate of drug-likeness (QED) is 0.527. The maximum absolute atomic E-state index is 6.06. The van der Waals surface area contributed by atoms with Crippen molar-refractivity contribution < 1.29 is 0 Å². The Bertz CT molecular complexity index is 970. The van der Waals surface area contributed by atoms with Gasteiger partial charge in [-0.05, 0) is 42.1 Å². The monoisotopic (exact) mass is 304 g/mol. The molecular formula is C19H20N4. The standard InChI is InChI=1S/C17H14N4.C2H6/c1-11-6-13-8-17(20-9-14(13)15(18)7-11)21-5-3-12-2-4-19-10-16(12)21;1-2/h2-10H,18H2,1H3;1-2H3. The van der Waals surface area contributed by atoms with Crippen LogP contribution in [-0.2, 0) is 0 Å². The van der Waals surface area contributed by atoms with Crippen LogP contribution in [0, 0.1) is 6.92 Å². The molecule has 0 radical (unpaired) electrons. The van der Waals surface area contributed by atoms with Crippen LogP contribution < -0.4 is 5.73 Å². The summed E-state index contributed by atoms with van der Waals surface area (Å²) in [6.45, 7) is 6.05. The van der Waals surface area contributed by atoms with Crippen molar-refractivity contribution in [2.75, 3.05) is 5.73 Å². The summed E-state index contributed by atoms with van der Waals surface area (Å²) in [4.78, 5) is 8.74. The molecule has 4 heteroatoms. The number of hydrogen-bond acceptors (Lipinski definition) is 3. The highest BCUT2D eigenvalue weighted by atomic mass is 15.1. The van der Waals surface area contributed by atoms with Gasteiger partial charge in [-0.2, -0.15) is 0 Å². The molecule has 4 rings (SSSR count). The Kier molecular flexibility index (Phi) is 3.98. The molecular weight excluding hydrogens is 284 g/mol. The van der Waals surface area contributed by atoms with Crippen molar-refractivity contribution in [3.05, 3.63) is 60.7 Å². The van der Waals surface area contributed by atoms with Crippen molar-refractivity contribution in [1.29, 1.82) is 0 Å². The summed E-state index contributed by atoms with van der Waals surface area (Å²) in [6, 6.07) is 10.2. The van der Waals surface area contributed by atoms with Gasteiger partial charge in [0.1, 0.15) is 5.82 Å². The van der Waals surface area contributed by atoms with Crippen molar-refractivity contribution in [2.24, 2.45) is 0 Å². The molecule has 3 aromatic heterocycles. The average molecular weight is 304 g/mol. The number of aryl methyl sites for hydroxylation is 1. The van der Waals surface area contributed by atoms with Crippen LogP contribution in [0.25, 0.3) is 27.5 Å². The van der Waals surface area contributed by atoms with Crippen molar-refractivity contribution in [2.45, 2.75) is 20.8 Å². The zero-order valence-electron chi connectivity index (χ0n) is 13.6. The van der Waals surface area contributed by atoms with E-state index in [2.05, 4.69) is 28.2 Å². The molecule has 0 bridgehead atoms. The molecule has 0 spiro atoms. The normalized spacial score (nSPS) is 10.6. The van der Waals surface area contributed by atoms with E-state index >= 15 is 0 Å². The predicted octanol–water partition coefficient (Wildman–Crippen LogP) is 4.49. The highest BCUT2D eigenvalue weighted by molar-refractivity contribution is 5.94. The number of pyridine rings is 2. The minimum Gasteiger partial charge on any atom is -0.398 e. The summed E-state index contributed by atoms with van der Waals surface area (Å²) >= 11 is 0. The molecule has 116 valence electrons. The van der Waals surface area contributed by atoms with E-state index in [1.54, 1.807) is 6.20 Å². The summed E-state index contributed by atoms with van der Waals surface area (Å²) in [7, 11) is 0.